The highest BCUT2D eigenvalue weighted by molar-refractivity contribution is 7.14. The minimum Gasteiger partial charge on any atom is -0.478 e. The minimum atomic E-state index is -0.934. The average Bonchev–Trinajstić information content (AvgIpc) is 2.95. The number of carbonyl (C=O) groups is 2. The quantitative estimate of drug-likeness (QED) is 0.823. The fourth-order valence-corrected chi connectivity index (χ4v) is 3.12. The zero-order valence-corrected chi connectivity index (χ0v) is 13.9. The summed E-state index contributed by atoms with van der Waals surface area (Å²) in [5, 5.41) is 8.86. The number of ketones is 1. The number of aromatic carboxylic acids is 1. The summed E-state index contributed by atoms with van der Waals surface area (Å²) < 4.78 is 0. The van der Waals surface area contributed by atoms with E-state index >= 15 is 0 Å². The molecule has 1 aromatic carbocycles. The van der Waals surface area contributed by atoms with Gasteiger partial charge in [-0.2, -0.15) is 0 Å². The molecule has 1 aromatic heterocycles. The molecule has 0 atom stereocenters. The van der Waals surface area contributed by atoms with Crippen LogP contribution in [-0.4, -0.2) is 16.9 Å². The van der Waals surface area contributed by atoms with Crippen molar-refractivity contribution in [1.82, 2.24) is 0 Å². The van der Waals surface area contributed by atoms with Gasteiger partial charge in [-0.25, -0.2) is 4.79 Å². The molecule has 22 heavy (non-hydrogen) atoms. The summed E-state index contributed by atoms with van der Waals surface area (Å²) in [7, 11) is 0. The number of carboxylic acids is 1. The highest BCUT2D eigenvalue weighted by atomic mass is 32.1. The number of rotatable bonds is 5. The molecule has 4 heteroatoms. The number of benzene rings is 1. The Morgan fingerprint density at radius 3 is 2.18 bits per heavy atom. The molecule has 0 fully saturated rings. The van der Waals surface area contributed by atoms with Gasteiger partial charge in [0.15, 0.2) is 5.78 Å². The van der Waals surface area contributed by atoms with Crippen LogP contribution in [0.5, 0.6) is 0 Å². The molecule has 2 rings (SSSR count). The monoisotopic (exact) mass is 316 g/mol. The standard InChI is InChI=1S/C18H20O3S/c1-18(2,3)16-11-10-15(22-16)14(19)9-6-12-4-7-13(8-5-12)17(20)21/h4-5,7-8,10-11H,6,9H2,1-3H3,(H,20,21). The van der Waals surface area contributed by atoms with E-state index in [4.69, 9.17) is 5.11 Å². The van der Waals surface area contributed by atoms with Crippen molar-refractivity contribution < 1.29 is 14.7 Å². The van der Waals surface area contributed by atoms with Crippen LogP contribution in [0.1, 0.15) is 57.7 Å². The van der Waals surface area contributed by atoms with E-state index in [1.165, 1.54) is 4.88 Å². The fraction of sp³-hybridized carbons (Fsp3) is 0.333. The van der Waals surface area contributed by atoms with Crippen molar-refractivity contribution in [2.75, 3.05) is 0 Å². The topological polar surface area (TPSA) is 54.4 Å². The highest BCUT2D eigenvalue weighted by Gasteiger charge is 2.18. The SMILES string of the molecule is CC(C)(C)c1ccc(C(=O)CCc2ccc(C(=O)O)cc2)s1. The van der Waals surface area contributed by atoms with Crippen LogP contribution in [0, 0.1) is 0 Å². The lowest BCUT2D eigenvalue weighted by Crippen LogP contribution is -2.07. The molecule has 1 N–H and O–H groups in total. The largest absolute Gasteiger partial charge is 0.478 e. The second-order valence-corrected chi connectivity index (χ2v) is 7.42. The van der Waals surface area contributed by atoms with Gasteiger partial charge in [0.1, 0.15) is 0 Å². The van der Waals surface area contributed by atoms with Gasteiger partial charge in [-0.15, -0.1) is 11.3 Å². The van der Waals surface area contributed by atoms with Gasteiger partial charge >= 0.3 is 5.97 Å². The molecular weight excluding hydrogens is 296 g/mol. The molecule has 3 nitrogen and oxygen atoms in total. The number of Topliss-reactive ketones (excluding diaryl/α,β-unsaturated/α-hetero) is 1. The van der Waals surface area contributed by atoms with Crippen molar-refractivity contribution in [2.24, 2.45) is 0 Å². The first-order chi connectivity index (χ1) is 10.3. The summed E-state index contributed by atoms with van der Waals surface area (Å²) >= 11 is 1.56. The number of carbonyl (C=O) groups excluding carboxylic acids is 1. The van der Waals surface area contributed by atoms with Gasteiger partial charge in [0.25, 0.3) is 0 Å². The molecule has 116 valence electrons. The van der Waals surface area contributed by atoms with E-state index in [1.54, 1.807) is 35.6 Å². The lowest BCUT2D eigenvalue weighted by molar-refractivity contribution is 0.0696. The van der Waals surface area contributed by atoms with Gasteiger partial charge in [-0.3, -0.25) is 4.79 Å². The molecule has 2 aromatic rings. The molecule has 1 heterocycles. The number of aryl methyl sites for hydroxylation is 1. The van der Waals surface area contributed by atoms with E-state index in [2.05, 4.69) is 20.8 Å². The van der Waals surface area contributed by atoms with Crippen molar-refractivity contribution in [3.05, 3.63) is 57.3 Å². The first-order valence-electron chi connectivity index (χ1n) is 7.23. The third-order valence-electron chi connectivity index (χ3n) is 3.46. The van der Waals surface area contributed by atoms with E-state index in [1.807, 2.05) is 12.1 Å². The highest BCUT2D eigenvalue weighted by Crippen LogP contribution is 2.30. The molecular formula is C18H20O3S. The molecule has 0 amide bonds. The van der Waals surface area contributed by atoms with Gasteiger partial charge in [0, 0.05) is 11.3 Å². The third kappa shape index (κ3) is 4.04. The Kier molecular flexibility index (Phi) is 4.81. The summed E-state index contributed by atoms with van der Waals surface area (Å²) in [5.41, 5.74) is 1.31. The molecule has 0 bridgehead atoms. The maximum atomic E-state index is 12.2. The molecule has 0 aliphatic carbocycles. The minimum absolute atomic E-state index is 0.0653. The van der Waals surface area contributed by atoms with Crippen LogP contribution in [0.15, 0.2) is 36.4 Å². The summed E-state index contributed by atoms with van der Waals surface area (Å²) in [4.78, 5) is 25.1. The van der Waals surface area contributed by atoms with Crippen LogP contribution in [0.25, 0.3) is 0 Å². The number of carboxylic acid groups (broad SMARTS) is 1. The van der Waals surface area contributed by atoms with Crippen molar-refractivity contribution in [3.63, 3.8) is 0 Å². The Labute approximate surface area is 134 Å². The second-order valence-electron chi connectivity index (χ2n) is 6.34. The normalized spacial score (nSPS) is 11.4. The Morgan fingerprint density at radius 1 is 1.05 bits per heavy atom. The molecule has 0 radical (unpaired) electrons. The predicted molar refractivity (Wildman–Crippen MR) is 89.1 cm³/mol. The summed E-state index contributed by atoms with van der Waals surface area (Å²) in [6, 6.07) is 10.6. The van der Waals surface area contributed by atoms with Crippen LogP contribution < -0.4 is 0 Å². The molecule has 0 aliphatic heterocycles. The number of hydrogen-bond donors (Lipinski definition) is 1. The van der Waals surface area contributed by atoms with Crippen LogP contribution >= 0.6 is 11.3 Å². The van der Waals surface area contributed by atoms with E-state index in [-0.39, 0.29) is 16.8 Å². The number of hydrogen-bond acceptors (Lipinski definition) is 3. The zero-order chi connectivity index (χ0) is 16.3. The molecule has 0 unspecified atom stereocenters. The van der Waals surface area contributed by atoms with E-state index in [0.29, 0.717) is 12.8 Å². The maximum Gasteiger partial charge on any atom is 0.335 e. The Morgan fingerprint density at radius 2 is 1.68 bits per heavy atom. The van der Waals surface area contributed by atoms with Gasteiger partial charge < -0.3 is 5.11 Å². The van der Waals surface area contributed by atoms with Crippen LogP contribution in [0.3, 0.4) is 0 Å². The summed E-state index contributed by atoms with van der Waals surface area (Å²) in [5.74, 6) is -0.793. The zero-order valence-electron chi connectivity index (χ0n) is 13.1. The molecule has 0 saturated heterocycles. The fourth-order valence-electron chi connectivity index (χ4n) is 2.09. The van der Waals surface area contributed by atoms with Crippen molar-refractivity contribution in [3.8, 4) is 0 Å². The van der Waals surface area contributed by atoms with Gasteiger partial charge in [0.2, 0.25) is 0 Å². The molecule has 0 saturated carbocycles. The Hall–Kier alpha value is -1.94. The van der Waals surface area contributed by atoms with E-state index < -0.39 is 5.97 Å². The predicted octanol–water partition coefficient (Wildman–Crippen LogP) is 4.56. The molecule has 0 aliphatic rings. The second kappa shape index (κ2) is 6.44. The van der Waals surface area contributed by atoms with E-state index in [0.717, 1.165) is 10.4 Å². The van der Waals surface area contributed by atoms with Gasteiger partial charge in [-0.1, -0.05) is 32.9 Å². The first-order valence-corrected chi connectivity index (χ1v) is 8.05. The van der Waals surface area contributed by atoms with Crippen molar-refractivity contribution in [2.45, 2.75) is 39.0 Å². The number of thiophene rings is 1. The van der Waals surface area contributed by atoms with Crippen LogP contribution in [0.4, 0.5) is 0 Å². The lowest BCUT2D eigenvalue weighted by Gasteiger charge is -2.15. The van der Waals surface area contributed by atoms with Crippen LogP contribution in [-0.2, 0) is 11.8 Å². The maximum absolute atomic E-state index is 12.2. The van der Waals surface area contributed by atoms with Crippen molar-refractivity contribution >= 4 is 23.1 Å². The van der Waals surface area contributed by atoms with Gasteiger partial charge in [0.05, 0.1) is 10.4 Å². The average molecular weight is 316 g/mol. The van der Waals surface area contributed by atoms with Crippen LogP contribution in [0.2, 0.25) is 0 Å². The summed E-state index contributed by atoms with van der Waals surface area (Å²) in [6.07, 6.45) is 1.07. The lowest BCUT2D eigenvalue weighted by atomic mass is 9.95. The Balaban J connectivity index is 1.98. The van der Waals surface area contributed by atoms with Crippen molar-refractivity contribution in [1.29, 1.82) is 0 Å². The first kappa shape index (κ1) is 16.4. The van der Waals surface area contributed by atoms with Gasteiger partial charge in [-0.05, 0) is 41.7 Å². The van der Waals surface area contributed by atoms with E-state index in [9.17, 15) is 9.59 Å². The third-order valence-corrected chi connectivity index (χ3v) is 5.01. The Bertz CT molecular complexity index is 675. The summed E-state index contributed by atoms with van der Waals surface area (Å²) in [6.45, 7) is 6.41. The molecule has 0 spiro atoms. The smallest absolute Gasteiger partial charge is 0.335 e.